The molecule has 0 N–H and O–H groups in total. The topological polar surface area (TPSA) is 16.1 Å². The Morgan fingerprint density at radius 2 is 1.95 bits per heavy atom. The summed E-state index contributed by atoms with van der Waals surface area (Å²) in [6.45, 7) is 7.13. The molecule has 0 saturated carbocycles. The second kappa shape index (κ2) is 5.10. The zero-order chi connectivity index (χ0) is 15.1. The maximum Gasteiger partial charge on any atom is 0.417 e. The van der Waals surface area contributed by atoms with Crippen LogP contribution in [0.2, 0.25) is 5.02 Å². The smallest absolute Gasteiger partial charge is 0.352 e. The van der Waals surface area contributed by atoms with Crippen LogP contribution >= 0.6 is 11.6 Å². The summed E-state index contributed by atoms with van der Waals surface area (Å²) in [5, 5.41) is 0.0657. The molecule has 1 unspecified atom stereocenters. The summed E-state index contributed by atoms with van der Waals surface area (Å²) in [6, 6.07) is 1.20. The molecule has 1 fully saturated rings. The number of hydrogen-bond donors (Lipinski definition) is 0. The average molecular weight is 307 g/mol. The maximum absolute atomic E-state index is 12.6. The van der Waals surface area contributed by atoms with Crippen LogP contribution in [-0.4, -0.2) is 17.6 Å². The Balaban J connectivity index is 2.34. The fraction of sp³-hybridized carbons (Fsp3) is 0.643. The van der Waals surface area contributed by atoms with Gasteiger partial charge in [-0.3, -0.25) is 0 Å². The number of hydrogen-bond acceptors (Lipinski definition) is 2. The molecule has 1 atom stereocenters. The predicted molar refractivity (Wildman–Crippen MR) is 74.1 cm³/mol. The van der Waals surface area contributed by atoms with Gasteiger partial charge >= 0.3 is 6.18 Å². The Labute approximate surface area is 121 Å². The third kappa shape index (κ3) is 3.03. The molecule has 2 nitrogen and oxygen atoms in total. The van der Waals surface area contributed by atoms with Crippen molar-refractivity contribution >= 4 is 17.4 Å². The Morgan fingerprint density at radius 3 is 2.45 bits per heavy atom. The quantitative estimate of drug-likeness (QED) is 0.743. The van der Waals surface area contributed by atoms with Crippen LogP contribution in [0.5, 0.6) is 0 Å². The van der Waals surface area contributed by atoms with E-state index in [4.69, 9.17) is 11.6 Å². The normalized spacial score (nSPS) is 20.6. The SMILES string of the molecule is CC(C)(C)C1CCCN1c1ncc(C(F)(F)F)cc1Cl. The Morgan fingerprint density at radius 1 is 1.30 bits per heavy atom. The Hall–Kier alpha value is -0.970. The van der Waals surface area contributed by atoms with E-state index in [1.165, 1.54) is 0 Å². The van der Waals surface area contributed by atoms with Crippen molar-refractivity contribution in [3.8, 4) is 0 Å². The lowest BCUT2D eigenvalue weighted by atomic mass is 9.85. The molecule has 2 heterocycles. The number of halogens is 4. The lowest BCUT2D eigenvalue weighted by Gasteiger charge is -2.36. The van der Waals surface area contributed by atoms with Gasteiger partial charge in [0.15, 0.2) is 0 Å². The van der Waals surface area contributed by atoms with Crippen molar-refractivity contribution in [1.29, 1.82) is 0 Å². The first kappa shape index (κ1) is 15.4. The van der Waals surface area contributed by atoms with E-state index in [0.29, 0.717) is 5.82 Å². The molecule has 1 aromatic heterocycles. The van der Waals surface area contributed by atoms with Gasteiger partial charge in [-0.1, -0.05) is 32.4 Å². The van der Waals surface area contributed by atoms with Gasteiger partial charge in [-0.25, -0.2) is 4.98 Å². The van der Waals surface area contributed by atoms with Gasteiger partial charge in [0.1, 0.15) is 5.82 Å². The molecule has 1 saturated heterocycles. The first-order valence-corrected chi connectivity index (χ1v) is 6.98. The molecule has 0 bridgehead atoms. The average Bonchev–Trinajstić information content (AvgIpc) is 2.75. The van der Waals surface area contributed by atoms with Crippen LogP contribution in [0, 0.1) is 5.41 Å². The van der Waals surface area contributed by atoms with Crippen LogP contribution in [0.25, 0.3) is 0 Å². The molecular weight excluding hydrogens is 289 g/mol. The van der Waals surface area contributed by atoms with Crippen molar-refractivity contribution in [2.75, 3.05) is 11.4 Å². The fourth-order valence-electron chi connectivity index (χ4n) is 2.72. The third-order valence-electron chi connectivity index (χ3n) is 3.67. The van der Waals surface area contributed by atoms with Gasteiger partial charge in [0.25, 0.3) is 0 Å². The molecule has 0 aliphatic carbocycles. The fourth-order valence-corrected chi connectivity index (χ4v) is 2.99. The van der Waals surface area contributed by atoms with Crippen molar-refractivity contribution in [2.45, 2.75) is 45.8 Å². The van der Waals surface area contributed by atoms with Gasteiger partial charge in [-0.15, -0.1) is 0 Å². The molecule has 0 amide bonds. The van der Waals surface area contributed by atoms with E-state index in [-0.39, 0.29) is 16.5 Å². The molecule has 0 spiro atoms. The first-order chi connectivity index (χ1) is 9.10. The molecule has 2 rings (SSSR count). The van der Waals surface area contributed by atoms with Crippen LogP contribution < -0.4 is 4.90 Å². The molecule has 20 heavy (non-hydrogen) atoms. The number of rotatable bonds is 1. The number of anilines is 1. The molecule has 6 heteroatoms. The summed E-state index contributed by atoms with van der Waals surface area (Å²) in [6.07, 6.45) is -1.55. The summed E-state index contributed by atoms with van der Waals surface area (Å²) < 4.78 is 37.9. The van der Waals surface area contributed by atoms with E-state index in [1.807, 2.05) is 4.90 Å². The number of aromatic nitrogens is 1. The predicted octanol–water partition coefficient (Wildman–Crippen LogP) is 4.77. The lowest BCUT2D eigenvalue weighted by molar-refractivity contribution is -0.137. The van der Waals surface area contributed by atoms with Crippen LogP contribution in [0.1, 0.15) is 39.2 Å². The minimum absolute atomic E-state index is 0.0320. The van der Waals surface area contributed by atoms with Crippen molar-refractivity contribution in [3.63, 3.8) is 0 Å². The van der Waals surface area contributed by atoms with E-state index in [9.17, 15) is 13.2 Å². The van der Waals surface area contributed by atoms with Crippen molar-refractivity contribution in [3.05, 3.63) is 22.8 Å². The van der Waals surface area contributed by atoms with Crippen LogP contribution in [0.3, 0.4) is 0 Å². The minimum Gasteiger partial charge on any atom is -0.352 e. The summed E-state index contributed by atoms with van der Waals surface area (Å²) in [7, 11) is 0. The van der Waals surface area contributed by atoms with Crippen molar-refractivity contribution in [2.24, 2.45) is 5.41 Å². The van der Waals surface area contributed by atoms with Gasteiger partial charge in [0.2, 0.25) is 0 Å². The monoisotopic (exact) mass is 306 g/mol. The summed E-state index contributed by atoms with van der Waals surface area (Å²) >= 11 is 6.03. The zero-order valence-electron chi connectivity index (χ0n) is 11.8. The molecular formula is C14H18ClF3N2. The largest absolute Gasteiger partial charge is 0.417 e. The number of nitrogens with zero attached hydrogens (tertiary/aromatic N) is 2. The summed E-state index contributed by atoms with van der Waals surface area (Å²) in [5.41, 5.74) is -0.776. The lowest BCUT2D eigenvalue weighted by Crippen LogP contribution is -2.40. The third-order valence-corrected chi connectivity index (χ3v) is 3.95. The molecule has 1 aromatic rings. The summed E-state index contributed by atoms with van der Waals surface area (Å²) in [5.74, 6) is 0.456. The highest BCUT2D eigenvalue weighted by Gasteiger charge is 2.37. The standard InChI is InChI=1S/C14H18ClF3N2/c1-13(2,3)11-5-4-6-20(11)12-10(15)7-9(8-19-12)14(16,17)18/h7-8,11H,4-6H2,1-3H3. The van der Waals surface area contributed by atoms with E-state index in [2.05, 4.69) is 25.8 Å². The molecule has 0 radical (unpaired) electrons. The second-order valence-corrected chi connectivity index (χ2v) is 6.65. The van der Waals surface area contributed by atoms with E-state index < -0.39 is 11.7 Å². The first-order valence-electron chi connectivity index (χ1n) is 6.60. The highest BCUT2D eigenvalue weighted by Crippen LogP contribution is 2.39. The van der Waals surface area contributed by atoms with Crippen molar-refractivity contribution in [1.82, 2.24) is 4.98 Å². The van der Waals surface area contributed by atoms with E-state index in [1.54, 1.807) is 0 Å². The summed E-state index contributed by atoms with van der Waals surface area (Å²) in [4.78, 5) is 5.99. The van der Waals surface area contributed by atoms with Crippen molar-refractivity contribution < 1.29 is 13.2 Å². The highest BCUT2D eigenvalue weighted by atomic mass is 35.5. The van der Waals surface area contributed by atoms with E-state index in [0.717, 1.165) is 31.6 Å². The highest BCUT2D eigenvalue weighted by molar-refractivity contribution is 6.33. The van der Waals surface area contributed by atoms with E-state index >= 15 is 0 Å². The van der Waals surface area contributed by atoms with Crippen LogP contribution in [0.4, 0.5) is 19.0 Å². The molecule has 112 valence electrons. The molecule has 1 aliphatic rings. The van der Waals surface area contributed by atoms with Gasteiger partial charge in [0, 0.05) is 18.8 Å². The van der Waals surface area contributed by atoms with Crippen LogP contribution in [0.15, 0.2) is 12.3 Å². The minimum atomic E-state index is -4.41. The van der Waals surface area contributed by atoms with Gasteiger partial charge < -0.3 is 4.90 Å². The maximum atomic E-state index is 12.6. The molecule has 0 aromatic carbocycles. The molecule has 1 aliphatic heterocycles. The zero-order valence-corrected chi connectivity index (χ0v) is 12.5. The number of pyridine rings is 1. The Bertz CT molecular complexity index is 494. The van der Waals surface area contributed by atoms with Crippen LogP contribution in [-0.2, 0) is 6.18 Å². The van der Waals surface area contributed by atoms with Gasteiger partial charge in [0.05, 0.1) is 10.6 Å². The Kier molecular flexibility index (Phi) is 3.93. The second-order valence-electron chi connectivity index (χ2n) is 6.24. The number of alkyl halides is 3. The van der Waals surface area contributed by atoms with Gasteiger partial charge in [-0.05, 0) is 24.3 Å². The van der Waals surface area contributed by atoms with Gasteiger partial charge in [-0.2, -0.15) is 13.2 Å².